The van der Waals surface area contributed by atoms with Gasteiger partial charge in [0.05, 0.1) is 6.04 Å². The van der Waals surface area contributed by atoms with Gasteiger partial charge in [0.1, 0.15) is 31.5 Å². The highest BCUT2D eigenvalue weighted by molar-refractivity contribution is 5.93. The Kier molecular flexibility index (Phi) is 10.2. The number of likely N-dealkylation sites (tertiary alicyclic amines) is 1. The molecule has 0 aromatic heterocycles. The van der Waals surface area contributed by atoms with E-state index in [9.17, 15) is 24.0 Å². The van der Waals surface area contributed by atoms with Gasteiger partial charge >= 0.3 is 6.09 Å². The van der Waals surface area contributed by atoms with Crippen molar-refractivity contribution in [1.29, 1.82) is 0 Å². The van der Waals surface area contributed by atoms with Crippen molar-refractivity contribution in [3.63, 3.8) is 0 Å². The molecule has 4 amide bonds. The Hall–Kier alpha value is -4.21. The predicted octanol–water partition coefficient (Wildman–Crippen LogP) is 1.33. The van der Waals surface area contributed by atoms with Gasteiger partial charge in [-0.1, -0.05) is 60.7 Å². The molecule has 1 aliphatic rings. The fourth-order valence-electron chi connectivity index (χ4n) is 4.05. The maximum Gasteiger partial charge on any atom is 0.407 e. The lowest BCUT2D eigenvalue weighted by Gasteiger charge is -2.26. The Morgan fingerprint density at radius 1 is 1.00 bits per heavy atom. The minimum atomic E-state index is -0.908. The van der Waals surface area contributed by atoms with Gasteiger partial charge in [0.15, 0.2) is 0 Å². The quantitative estimate of drug-likeness (QED) is 0.392. The Labute approximate surface area is 215 Å². The van der Waals surface area contributed by atoms with Gasteiger partial charge in [-0.3, -0.25) is 14.4 Å². The Balaban J connectivity index is 1.44. The normalized spacial score (nSPS) is 16.2. The first-order valence-electron chi connectivity index (χ1n) is 12.2. The van der Waals surface area contributed by atoms with Crippen LogP contribution in [-0.4, -0.2) is 66.2 Å². The zero-order valence-corrected chi connectivity index (χ0v) is 20.7. The van der Waals surface area contributed by atoms with Gasteiger partial charge in [0.2, 0.25) is 17.7 Å². The molecule has 1 heterocycles. The molecule has 0 bridgehead atoms. The number of ether oxygens (including phenoxy) is 1. The Morgan fingerprint density at radius 2 is 1.65 bits per heavy atom. The molecule has 3 atom stereocenters. The summed E-state index contributed by atoms with van der Waals surface area (Å²) in [5.74, 6) is -1.39. The molecule has 10 nitrogen and oxygen atoms in total. The third kappa shape index (κ3) is 8.45. The second kappa shape index (κ2) is 13.8. The van der Waals surface area contributed by atoms with E-state index in [2.05, 4.69) is 16.0 Å². The zero-order chi connectivity index (χ0) is 26.6. The largest absolute Gasteiger partial charge is 0.445 e. The molecular formula is C27H32N4O6. The molecule has 0 spiro atoms. The van der Waals surface area contributed by atoms with Crippen LogP contribution in [0, 0.1) is 0 Å². The Morgan fingerprint density at radius 3 is 2.30 bits per heavy atom. The molecule has 0 saturated carbocycles. The molecule has 0 radical (unpaired) electrons. The fraction of sp³-hybridized carbons (Fsp3) is 0.370. The summed E-state index contributed by atoms with van der Waals surface area (Å²) in [5.41, 5.74) is 1.71. The van der Waals surface area contributed by atoms with Crippen LogP contribution in [-0.2, 0) is 36.9 Å². The summed E-state index contributed by atoms with van der Waals surface area (Å²) in [5, 5.41) is 7.68. The molecule has 2 aromatic carbocycles. The van der Waals surface area contributed by atoms with E-state index in [0.29, 0.717) is 32.1 Å². The van der Waals surface area contributed by atoms with Gasteiger partial charge in [0.25, 0.3) is 0 Å². The highest BCUT2D eigenvalue weighted by Crippen LogP contribution is 2.17. The van der Waals surface area contributed by atoms with E-state index in [4.69, 9.17) is 4.74 Å². The molecule has 37 heavy (non-hydrogen) atoms. The van der Waals surface area contributed by atoms with E-state index in [1.165, 1.54) is 11.8 Å². The summed E-state index contributed by atoms with van der Waals surface area (Å²) in [6.45, 7) is 1.64. The first-order chi connectivity index (χ1) is 17.9. The molecule has 196 valence electrons. The number of carbonyl (C=O) groups excluding carboxylic acids is 5. The lowest BCUT2D eigenvalue weighted by atomic mass is 10.1. The lowest BCUT2D eigenvalue weighted by Crippen LogP contribution is -2.54. The predicted molar refractivity (Wildman–Crippen MR) is 135 cm³/mol. The average molecular weight is 509 g/mol. The number of rotatable bonds is 11. The van der Waals surface area contributed by atoms with E-state index in [1.54, 1.807) is 0 Å². The summed E-state index contributed by atoms with van der Waals surface area (Å²) < 4.78 is 5.10. The van der Waals surface area contributed by atoms with Crippen LogP contribution in [0.25, 0.3) is 0 Å². The van der Waals surface area contributed by atoms with Crippen LogP contribution in [0.1, 0.15) is 30.9 Å². The van der Waals surface area contributed by atoms with E-state index in [1.807, 2.05) is 60.7 Å². The molecule has 3 N–H and O–H groups in total. The van der Waals surface area contributed by atoms with Gasteiger partial charge in [-0.2, -0.15) is 0 Å². The third-order valence-corrected chi connectivity index (χ3v) is 6.01. The van der Waals surface area contributed by atoms with Gasteiger partial charge < -0.3 is 30.4 Å². The number of amides is 4. The molecule has 1 fully saturated rings. The first kappa shape index (κ1) is 27.4. The number of alkyl carbamates (subject to hydrolysis) is 1. The highest BCUT2D eigenvalue weighted by atomic mass is 16.5. The summed E-state index contributed by atoms with van der Waals surface area (Å²) in [7, 11) is 0. The van der Waals surface area contributed by atoms with Crippen molar-refractivity contribution in [1.82, 2.24) is 20.9 Å². The summed E-state index contributed by atoms with van der Waals surface area (Å²) in [4.78, 5) is 62.9. The molecule has 1 aliphatic heterocycles. The molecule has 3 unspecified atom stereocenters. The van der Waals surface area contributed by atoms with Crippen LogP contribution in [0.3, 0.4) is 0 Å². The van der Waals surface area contributed by atoms with Crippen molar-refractivity contribution in [2.45, 2.75) is 50.9 Å². The zero-order valence-electron chi connectivity index (χ0n) is 20.7. The topological polar surface area (TPSA) is 134 Å². The number of hydrogen-bond acceptors (Lipinski definition) is 6. The number of nitrogens with zero attached hydrogens (tertiary/aromatic N) is 1. The van der Waals surface area contributed by atoms with E-state index in [-0.39, 0.29) is 13.2 Å². The van der Waals surface area contributed by atoms with Gasteiger partial charge in [-0.05, 0) is 37.3 Å². The maximum atomic E-state index is 12.9. The number of benzene rings is 2. The van der Waals surface area contributed by atoms with Crippen LogP contribution in [0.4, 0.5) is 4.79 Å². The number of aldehydes is 1. The molecule has 2 aromatic rings. The average Bonchev–Trinajstić information content (AvgIpc) is 3.41. The van der Waals surface area contributed by atoms with Crippen molar-refractivity contribution in [3.05, 3.63) is 71.8 Å². The summed E-state index contributed by atoms with van der Waals surface area (Å²) in [6.07, 6.45) is 1.32. The molecule has 0 aliphatic carbocycles. The summed E-state index contributed by atoms with van der Waals surface area (Å²) >= 11 is 0. The number of carbonyl (C=O) groups is 5. The maximum absolute atomic E-state index is 12.9. The molecule has 10 heteroatoms. The van der Waals surface area contributed by atoms with Crippen LogP contribution >= 0.6 is 0 Å². The fourth-order valence-corrected chi connectivity index (χ4v) is 4.05. The second-order valence-corrected chi connectivity index (χ2v) is 8.83. The third-order valence-electron chi connectivity index (χ3n) is 6.01. The summed E-state index contributed by atoms with van der Waals surface area (Å²) in [6, 6.07) is 16.0. The standard InChI is InChI=1S/C27H32N4O6/c1-19(25(34)30-22(17-32)15-20-9-4-2-5-10-20)29-26(35)23-13-8-14-31(23)24(33)16-28-27(36)37-18-21-11-6-3-7-12-21/h2-7,9-12,17,19,22-23H,8,13-16,18H2,1H3,(H,28,36)(H,29,35)(H,30,34). The second-order valence-electron chi connectivity index (χ2n) is 8.83. The minimum Gasteiger partial charge on any atom is -0.445 e. The molecule has 1 saturated heterocycles. The van der Waals surface area contributed by atoms with Crippen molar-refractivity contribution < 1.29 is 28.7 Å². The van der Waals surface area contributed by atoms with E-state index >= 15 is 0 Å². The molecule has 3 rings (SSSR count). The van der Waals surface area contributed by atoms with Crippen LogP contribution in [0.2, 0.25) is 0 Å². The van der Waals surface area contributed by atoms with Crippen molar-refractivity contribution in [2.24, 2.45) is 0 Å². The van der Waals surface area contributed by atoms with Crippen molar-refractivity contribution in [2.75, 3.05) is 13.1 Å². The number of hydrogen-bond donors (Lipinski definition) is 3. The van der Waals surface area contributed by atoms with Crippen LogP contribution in [0.15, 0.2) is 60.7 Å². The van der Waals surface area contributed by atoms with Gasteiger partial charge in [0, 0.05) is 6.54 Å². The smallest absolute Gasteiger partial charge is 0.407 e. The van der Waals surface area contributed by atoms with Crippen molar-refractivity contribution in [3.8, 4) is 0 Å². The van der Waals surface area contributed by atoms with Crippen LogP contribution < -0.4 is 16.0 Å². The van der Waals surface area contributed by atoms with E-state index in [0.717, 1.165) is 11.1 Å². The Bertz CT molecular complexity index is 1080. The SMILES string of the molecule is CC(NC(=O)C1CCCN1C(=O)CNC(=O)OCc1ccccc1)C(=O)NC(C=O)Cc1ccccc1. The van der Waals surface area contributed by atoms with Gasteiger partial charge in [-0.25, -0.2) is 4.79 Å². The van der Waals surface area contributed by atoms with E-state index < -0.39 is 41.9 Å². The lowest BCUT2D eigenvalue weighted by molar-refractivity contribution is -0.138. The highest BCUT2D eigenvalue weighted by Gasteiger charge is 2.35. The minimum absolute atomic E-state index is 0.0753. The monoisotopic (exact) mass is 508 g/mol. The van der Waals surface area contributed by atoms with Crippen molar-refractivity contribution >= 4 is 30.1 Å². The number of nitrogens with one attached hydrogen (secondary N) is 3. The van der Waals surface area contributed by atoms with Gasteiger partial charge in [-0.15, -0.1) is 0 Å². The van der Waals surface area contributed by atoms with Crippen LogP contribution in [0.5, 0.6) is 0 Å². The molecular weight excluding hydrogens is 476 g/mol. The first-order valence-corrected chi connectivity index (χ1v) is 12.2.